The van der Waals surface area contributed by atoms with Crippen LogP contribution in [0.5, 0.6) is 5.75 Å². The molecule has 1 unspecified atom stereocenters. The quantitative estimate of drug-likeness (QED) is 0.769. The standard InChI is InChI=1S/C10H14O3S/c1-10(2,3)13-8-6-4-5-7-9(8)14(11)12/h4-7H,1-3H3,(H,11,12). The molecule has 0 aliphatic carbocycles. The largest absolute Gasteiger partial charge is 0.487 e. The normalized spacial score (nSPS) is 13.7. The number of rotatable bonds is 2. The van der Waals surface area contributed by atoms with Crippen LogP contribution in [0, 0.1) is 0 Å². The lowest BCUT2D eigenvalue weighted by atomic mass is 10.2. The van der Waals surface area contributed by atoms with Crippen molar-refractivity contribution in [3.05, 3.63) is 24.3 Å². The molecule has 0 fully saturated rings. The van der Waals surface area contributed by atoms with Gasteiger partial charge in [-0.05, 0) is 32.9 Å². The summed E-state index contributed by atoms with van der Waals surface area (Å²) in [5, 5.41) is 0. The monoisotopic (exact) mass is 214 g/mol. The molecule has 0 saturated carbocycles. The van der Waals surface area contributed by atoms with E-state index < -0.39 is 11.1 Å². The van der Waals surface area contributed by atoms with Crippen molar-refractivity contribution < 1.29 is 13.5 Å². The Bertz CT molecular complexity index is 341. The molecule has 0 radical (unpaired) electrons. The minimum absolute atomic E-state index is 0.308. The summed E-state index contributed by atoms with van der Waals surface area (Å²) >= 11 is -2.00. The van der Waals surface area contributed by atoms with E-state index in [0.29, 0.717) is 10.6 Å². The van der Waals surface area contributed by atoms with E-state index in [0.717, 1.165) is 0 Å². The summed E-state index contributed by atoms with van der Waals surface area (Å²) < 4.78 is 25.5. The smallest absolute Gasteiger partial charge is 0.190 e. The molecule has 0 aliphatic heterocycles. The van der Waals surface area contributed by atoms with Crippen molar-refractivity contribution >= 4 is 11.1 Å². The Morgan fingerprint density at radius 2 is 1.86 bits per heavy atom. The highest BCUT2D eigenvalue weighted by atomic mass is 32.2. The second kappa shape index (κ2) is 4.11. The average Bonchev–Trinajstić information content (AvgIpc) is 2.01. The molecular formula is C10H14O3S. The van der Waals surface area contributed by atoms with Gasteiger partial charge in [-0.15, -0.1) is 0 Å². The van der Waals surface area contributed by atoms with Crippen LogP contribution in [-0.4, -0.2) is 14.4 Å². The molecule has 78 valence electrons. The SMILES string of the molecule is CC(C)(C)Oc1ccccc1S(=O)O. The molecule has 0 saturated heterocycles. The first-order valence-electron chi connectivity index (χ1n) is 4.29. The molecule has 1 aromatic rings. The van der Waals surface area contributed by atoms with E-state index in [4.69, 9.17) is 9.29 Å². The Balaban J connectivity index is 3.02. The van der Waals surface area contributed by atoms with Crippen LogP contribution in [0.2, 0.25) is 0 Å². The molecule has 0 bridgehead atoms. The number of hydrogen-bond acceptors (Lipinski definition) is 2. The lowest BCUT2D eigenvalue weighted by molar-refractivity contribution is 0.126. The van der Waals surface area contributed by atoms with Gasteiger partial charge in [0.05, 0.1) is 0 Å². The first-order valence-corrected chi connectivity index (χ1v) is 5.40. The molecule has 0 aliphatic rings. The van der Waals surface area contributed by atoms with Gasteiger partial charge in [0, 0.05) is 0 Å². The number of ether oxygens (including phenoxy) is 1. The van der Waals surface area contributed by atoms with E-state index in [1.54, 1.807) is 24.3 Å². The summed E-state index contributed by atoms with van der Waals surface area (Å²) in [7, 11) is 0. The van der Waals surface area contributed by atoms with Crippen LogP contribution in [0.25, 0.3) is 0 Å². The van der Waals surface area contributed by atoms with E-state index in [9.17, 15) is 4.21 Å². The molecule has 3 nitrogen and oxygen atoms in total. The van der Waals surface area contributed by atoms with Crippen LogP contribution in [0.4, 0.5) is 0 Å². The summed E-state index contributed by atoms with van der Waals surface area (Å²) in [5.41, 5.74) is -0.366. The highest BCUT2D eigenvalue weighted by molar-refractivity contribution is 7.79. The molecule has 1 N–H and O–H groups in total. The lowest BCUT2D eigenvalue weighted by Crippen LogP contribution is -2.23. The zero-order valence-electron chi connectivity index (χ0n) is 8.48. The summed E-state index contributed by atoms with van der Waals surface area (Å²) in [6.45, 7) is 5.68. The summed E-state index contributed by atoms with van der Waals surface area (Å²) in [6, 6.07) is 6.75. The third-order valence-electron chi connectivity index (χ3n) is 1.45. The van der Waals surface area contributed by atoms with Gasteiger partial charge >= 0.3 is 0 Å². The topological polar surface area (TPSA) is 46.5 Å². The van der Waals surface area contributed by atoms with Gasteiger partial charge in [-0.1, -0.05) is 12.1 Å². The molecular weight excluding hydrogens is 200 g/mol. The molecule has 14 heavy (non-hydrogen) atoms. The maximum absolute atomic E-state index is 10.9. The second-order valence-corrected chi connectivity index (χ2v) is 4.85. The third kappa shape index (κ3) is 3.12. The highest BCUT2D eigenvalue weighted by Gasteiger charge is 2.16. The van der Waals surface area contributed by atoms with Crippen LogP contribution >= 0.6 is 0 Å². The van der Waals surface area contributed by atoms with Gasteiger partial charge in [-0.2, -0.15) is 0 Å². The Morgan fingerprint density at radius 1 is 1.29 bits per heavy atom. The van der Waals surface area contributed by atoms with Crippen LogP contribution < -0.4 is 4.74 Å². The van der Waals surface area contributed by atoms with Crippen molar-refractivity contribution in [1.29, 1.82) is 0 Å². The summed E-state index contributed by atoms with van der Waals surface area (Å²) in [4.78, 5) is 0.308. The molecule has 1 aromatic carbocycles. The Morgan fingerprint density at radius 3 is 2.36 bits per heavy atom. The van der Waals surface area contributed by atoms with Crippen LogP contribution in [0.1, 0.15) is 20.8 Å². The summed E-state index contributed by atoms with van der Waals surface area (Å²) in [5.74, 6) is 0.459. The van der Waals surface area contributed by atoms with Gasteiger partial charge in [0.1, 0.15) is 16.2 Å². The molecule has 4 heteroatoms. The predicted molar refractivity (Wildman–Crippen MR) is 55.9 cm³/mol. The van der Waals surface area contributed by atoms with Gasteiger partial charge in [0.25, 0.3) is 0 Å². The van der Waals surface area contributed by atoms with Gasteiger partial charge in [0.15, 0.2) is 11.1 Å². The highest BCUT2D eigenvalue weighted by Crippen LogP contribution is 2.24. The van der Waals surface area contributed by atoms with Crippen LogP contribution in [-0.2, 0) is 11.1 Å². The van der Waals surface area contributed by atoms with Gasteiger partial charge in [-0.25, -0.2) is 4.21 Å². The van der Waals surface area contributed by atoms with Crippen molar-refractivity contribution in [3.63, 3.8) is 0 Å². The zero-order valence-corrected chi connectivity index (χ0v) is 9.30. The first-order chi connectivity index (χ1) is 6.40. The van der Waals surface area contributed by atoms with Crippen molar-refractivity contribution in [2.24, 2.45) is 0 Å². The van der Waals surface area contributed by atoms with E-state index in [2.05, 4.69) is 0 Å². The molecule has 1 rings (SSSR count). The second-order valence-electron chi connectivity index (χ2n) is 3.91. The number of para-hydroxylation sites is 1. The van der Waals surface area contributed by atoms with E-state index in [1.807, 2.05) is 20.8 Å². The minimum Gasteiger partial charge on any atom is -0.487 e. The molecule has 0 spiro atoms. The third-order valence-corrected chi connectivity index (χ3v) is 2.17. The van der Waals surface area contributed by atoms with Crippen molar-refractivity contribution in [1.82, 2.24) is 0 Å². The van der Waals surface area contributed by atoms with Crippen molar-refractivity contribution in [2.75, 3.05) is 0 Å². The fraction of sp³-hybridized carbons (Fsp3) is 0.400. The van der Waals surface area contributed by atoms with Crippen molar-refractivity contribution in [2.45, 2.75) is 31.3 Å². The minimum atomic E-state index is -2.00. The molecule has 0 amide bonds. The number of benzene rings is 1. The lowest BCUT2D eigenvalue weighted by Gasteiger charge is -2.22. The van der Waals surface area contributed by atoms with Crippen LogP contribution in [0.15, 0.2) is 29.2 Å². The molecule has 0 heterocycles. The van der Waals surface area contributed by atoms with Gasteiger partial charge in [-0.3, -0.25) is 0 Å². The maximum Gasteiger partial charge on any atom is 0.190 e. The van der Waals surface area contributed by atoms with E-state index >= 15 is 0 Å². The van der Waals surface area contributed by atoms with E-state index in [-0.39, 0.29) is 5.60 Å². The maximum atomic E-state index is 10.9. The summed E-state index contributed by atoms with van der Waals surface area (Å²) in [6.07, 6.45) is 0. The van der Waals surface area contributed by atoms with Gasteiger partial charge < -0.3 is 9.29 Å². The molecule has 1 atom stereocenters. The average molecular weight is 214 g/mol. The first kappa shape index (κ1) is 11.2. The fourth-order valence-corrected chi connectivity index (χ4v) is 1.49. The number of hydrogen-bond donors (Lipinski definition) is 1. The Labute approximate surface area is 86.4 Å². The fourth-order valence-electron chi connectivity index (χ4n) is 1.01. The predicted octanol–water partition coefficient (Wildman–Crippen LogP) is 2.44. The Hall–Kier alpha value is -0.870. The van der Waals surface area contributed by atoms with Gasteiger partial charge in [0.2, 0.25) is 0 Å². The Kier molecular flexibility index (Phi) is 3.29. The van der Waals surface area contributed by atoms with Crippen LogP contribution in [0.3, 0.4) is 0 Å². The van der Waals surface area contributed by atoms with E-state index in [1.165, 1.54) is 0 Å². The molecule has 0 aromatic heterocycles. The van der Waals surface area contributed by atoms with Crippen molar-refractivity contribution in [3.8, 4) is 5.75 Å². The zero-order chi connectivity index (χ0) is 10.8.